The van der Waals surface area contributed by atoms with E-state index in [-0.39, 0.29) is 17.2 Å². The van der Waals surface area contributed by atoms with Gasteiger partial charge >= 0.3 is 0 Å². The maximum atomic E-state index is 12.5. The smallest absolute Gasteiger partial charge is 0.276 e. The first-order chi connectivity index (χ1) is 11.5. The van der Waals surface area contributed by atoms with E-state index in [0.29, 0.717) is 11.3 Å². The number of amides is 2. The SMILES string of the molecule is CC1Nc2ccccc2C(=O)N1NC(=O)c1ccc([N+](=O)[O-])cc1. The Labute approximate surface area is 137 Å². The van der Waals surface area contributed by atoms with Crippen molar-refractivity contribution in [3.63, 3.8) is 0 Å². The summed E-state index contributed by atoms with van der Waals surface area (Å²) in [6.45, 7) is 1.74. The molecule has 2 N–H and O–H groups in total. The number of hydrazine groups is 1. The van der Waals surface area contributed by atoms with E-state index in [1.165, 1.54) is 29.3 Å². The second kappa shape index (κ2) is 5.99. The first-order valence-corrected chi connectivity index (χ1v) is 7.22. The highest BCUT2D eigenvalue weighted by molar-refractivity contribution is 6.03. The molecule has 2 amide bonds. The molecule has 1 aliphatic heterocycles. The predicted octanol–water partition coefficient (Wildman–Crippen LogP) is 2.15. The summed E-state index contributed by atoms with van der Waals surface area (Å²) in [5.74, 6) is -0.849. The average Bonchev–Trinajstić information content (AvgIpc) is 2.58. The first-order valence-electron chi connectivity index (χ1n) is 7.22. The van der Waals surface area contributed by atoms with Crippen molar-refractivity contribution in [1.82, 2.24) is 10.4 Å². The number of nitrogens with zero attached hydrogens (tertiary/aromatic N) is 2. The van der Waals surface area contributed by atoms with Crippen molar-refractivity contribution in [3.05, 3.63) is 69.8 Å². The number of carbonyl (C=O) groups excluding carboxylic acids is 2. The van der Waals surface area contributed by atoms with Gasteiger partial charge in [-0.3, -0.25) is 25.1 Å². The molecule has 0 spiro atoms. The summed E-state index contributed by atoms with van der Waals surface area (Å²) in [6.07, 6.45) is -0.436. The van der Waals surface area contributed by atoms with E-state index in [4.69, 9.17) is 0 Å². The van der Waals surface area contributed by atoms with Gasteiger partial charge in [0.25, 0.3) is 17.5 Å². The molecule has 1 unspecified atom stereocenters. The van der Waals surface area contributed by atoms with Crippen LogP contribution in [0.25, 0.3) is 0 Å². The maximum Gasteiger partial charge on any atom is 0.276 e. The normalized spacial score (nSPS) is 16.1. The number of hydrogen-bond acceptors (Lipinski definition) is 5. The van der Waals surface area contributed by atoms with Gasteiger partial charge in [0.2, 0.25) is 0 Å². The molecule has 0 aromatic heterocycles. The van der Waals surface area contributed by atoms with Gasteiger partial charge in [0.15, 0.2) is 0 Å². The van der Waals surface area contributed by atoms with Gasteiger partial charge in [0.1, 0.15) is 6.17 Å². The number of carbonyl (C=O) groups is 2. The fraction of sp³-hybridized carbons (Fsp3) is 0.125. The Morgan fingerprint density at radius 1 is 1.21 bits per heavy atom. The van der Waals surface area contributed by atoms with Crippen LogP contribution in [0.4, 0.5) is 11.4 Å². The van der Waals surface area contributed by atoms with E-state index in [2.05, 4.69) is 10.7 Å². The summed E-state index contributed by atoms with van der Waals surface area (Å²) in [5, 5.41) is 15.0. The molecule has 1 aliphatic rings. The Balaban J connectivity index is 1.79. The molecule has 2 aromatic carbocycles. The lowest BCUT2D eigenvalue weighted by Gasteiger charge is -2.35. The summed E-state index contributed by atoms with van der Waals surface area (Å²) in [6, 6.07) is 12.2. The Bertz CT molecular complexity index is 819. The molecular weight excluding hydrogens is 312 g/mol. The third-order valence-corrected chi connectivity index (χ3v) is 3.69. The summed E-state index contributed by atoms with van der Waals surface area (Å²) in [4.78, 5) is 34.9. The van der Waals surface area contributed by atoms with Gasteiger partial charge in [-0.15, -0.1) is 0 Å². The van der Waals surface area contributed by atoms with Crippen molar-refractivity contribution in [2.24, 2.45) is 0 Å². The van der Waals surface area contributed by atoms with Gasteiger partial charge in [-0.25, -0.2) is 5.01 Å². The number of fused-ring (bicyclic) bond motifs is 1. The number of benzene rings is 2. The molecule has 1 heterocycles. The number of para-hydroxylation sites is 1. The highest BCUT2D eigenvalue weighted by atomic mass is 16.6. The number of nitrogens with one attached hydrogen (secondary N) is 2. The van der Waals surface area contributed by atoms with Crippen LogP contribution >= 0.6 is 0 Å². The van der Waals surface area contributed by atoms with E-state index < -0.39 is 17.0 Å². The van der Waals surface area contributed by atoms with Crippen LogP contribution < -0.4 is 10.7 Å². The molecule has 24 heavy (non-hydrogen) atoms. The van der Waals surface area contributed by atoms with E-state index in [0.717, 1.165) is 0 Å². The van der Waals surface area contributed by atoms with Gasteiger partial charge in [0, 0.05) is 23.4 Å². The largest absolute Gasteiger partial charge is 0.363 e. The summed E-state index contributed by atoms with van der Waals surface area (Å²) in [5.41, 5.74) is 3.81. The second-order valence-corrected chi connectivity index (χ2v) is 5.29. The van der Waals surface area contributed by atoms with E-state index in [9.17, 15) is 19.7 Å². The minimum Gasteiger partial charge on any atom is -0.363 e. The zero-order chi connectivity index (χ0) is 17.3. The van der Waals surface area contributed by atoms with Gasteiger partial charge < -0.3 is 5.32 Å². The van der Waals surface area contributed by atoms with Crippen LogP contribution in [0, 0.1) is 10.1 Å². The third kappa shape index (κ3) is 2.76. The lowest BCUT2D eigenvalue weighted by molar-refractivity contribution is -0.384. The van der Waals surface area contributed by atoms with Crippen LogP contribution in [-0.4, -0.2) is 27.9 Å². The van der Waals surface area contributed by atoms with Crippen molar-refractivity contribution in [1.29, 1.82) is 0 Å². The molecule has 122 valence electrons. The first kappa shape index (κ1) is 15.5. The van der Waals surface area contributed by atoms with Gasteiger partial charge in [0.05, 0.1) is 10.5 Å². The Kier molecular flexibility index (Phi) is 3.87. The molecule has 0 fully saturated rings. The van der Waals surface area contributed by atoms with Gasteiger partial charge in [-0.05, 0) is 31.2 Å². The van der Waals surface area contributed by atoms with Crippen LogP contribution in [0.1, 0.15) is 27.6 Å². The Morgan fingerprint density at radius 2 is 1.88 bits per heavy atom. The van der Waals surface area contributed by atoms with Crippen LogP contribution in [-0.2, 0) is 0 Å². The molecular formula is C16H14N4O4. The molecule has 0 aliphatic carbocycles. The minimum atomic E-state index is -0.543. The van der Waals surface area contributed by atoms with Crippen LogP contribution in [0.2, 0.25) is 0 Å². The zero-order valence-electron chi connectivity index (χ0n) is 12.7. The van der Waals surface area contributed by atoms with E-state index in [1.807, 2.05) is 6.07 Å². The van der Waals surface area contributed by atoms with Crippen molar-refractivity contribution in [3.8, 4) is 0 Å². The number of nitro groups is 1. The molecule has 0 radical (unpaired) electrons. The molecule has 8 heteroatoms. The van der Waals surface area contributed by atoms with Crippen LogP contribution in [0.15, 0.2) is 48.5 Å². The maximum absolute atomic E-state index is 12.5. The topological polar surface area (TPSA) is 105 Å². The van der Waals surface area contributed by atoms with Crippen LogP contribution in [0.5, 0.6) is 0 Å². The van der Waals surface area contributed by atoms with Gasteiger partial charge in [-0.1, -0.05) is 12.1 Å². The minimum absolute atomic E-state index is 0.107. The predicted molar refractivity (Wildman–Crippen MR) is 86.3 cm³/mol. The van der Waals surface area contributed by atoms with Crippen molar-refractivity contribution in [2.45, 2.75) is 13.1 Å². The Morgan fingerprint density at radius 3 is 2.54 bits per heavy atom. The molecule has 0 saturated heterocycles. The number of anilines is 1. The van der Waals surface area contributed by atoms with Crippen molar-refractivity contribution < 1.29 is 14.5 Å². The third-order valence-electron chi connectivity index (χ3n) is 3.69. The monoisotopic (exact) mass is 326 g/mol. The average molecular weight is 326 g/mol. The second-order valence-electron chi connectivity index (χ2n) is 5.29. The van der Waals surface area contributed by atoms with Crippen molar-refractivity contribution in [2.75, 3.05) is 5.32 Å². The molecule has 0 saturated carbocycles. The number of rotatable bonds is 3. The zero-order valence-corrected chi connectivity index (χ0v) is 12.7. The summed E-state index contributed by atoms with van der Waals surface area (Å²) < 4.78 is 0. The standard InChI is InChI=1S/C16H14N4O4/c1-10-17-14-5-3-2-4-13(14)16(22)19(10)18-15(21)11-6-8-12(9-7-11)20(23)24/h2-10,17H,1H3,(H,18,21). The van der Waals surface area contributed by atoms with Gasteiger partial charge in [-0.2, -0.15) is 0 Å². The number of non-ortho nitro benzene ring substituents is 1. The van der Waals surface area contributed by atoms with E-state index >= 15 is 0 Å². The Hall–Kier alpha value is -3.42. The van der Waals surface area contributed by atoms with Crippen molar-refractivity contribution >= 4 is 23.2 Å². The molecule has 3 rings (SSSR count). The molecule has 0 bridgehead atoms. The number of nitro benzene ring substituents is 1. The fourth-order valence-corrected chi connectivity index (χ4v) is 2.45. The van der Waals surface area contributed by atoms with Crippen LogP contribution in [0.3, 0.4) is 0 Å². The molecule has 8 nitrogen and oxygen atoms in total. The number of hydrogen-bond donors (Lipinski definition) is 2. The summed E-state index contributed by atoms with van der Waals surface area (Å²) >= 11 is 0. The van der Waals surface area contributed by atoms with E-state index in [1.54, 1.807) is 25.1 Å². The fourth-order valence-electron chi connectivity index (χ4n) is 2.45. The highest BCUT2D eigenvalue weighted by Crippen LogP contribution is 2.23. The summed E-state index contributed by atoms with van der Waals surface area (Å²) in [7, 11) is 0. The molecule has 1 atom stereocenters. The quantitative estimate of drug-likeness (QED) is 0.664. The highest BCUT2D eigenvalue weighted by Gasteiger charge is 2.30. The lowest BCUT2D eigenvalue weighted by atomic mass is 10.1. The molecule has 2 aromatic rings. The lowest BCUT2D eigenvalue weighted by Crippen LogP contribution is -2.56.